The number of amides is 1. The molecule has 2 aromatic rings. The molecule has 0 aromatic heterocycles. The molecule has 9 heteroatoms. The Morgan fingerprint density at radius 3 is 1.96 bits per heavy atom. The van der Waals surface area contributed by atoms with Crippen molar-refractivity contribution in [2.75, 3.05) is 13.7 Å². The van der Waals surface area contributed by atoms with E-state index in [9.17, 15) is 26.7 Å². The molecule has 0 fully saturated rings. The number of benzene rings is 2. The Morgan fingerprint density at radius 2 is 1.44 bits per heavy atom. The van der Waals surface area contributed by atoms with E-state index in [1.54, 1.807) is 24.3 Å². The quantitative estimate of drug-likeness (QED) is 0.489. The van der Waals surface area contributed by atoms with Gasteiger partial charge in [-0.1, -0.05) is 12.1 Å². The third kappa shape index (κ3) is 4.17. The first-order valence-electron chi connectivity index (χ1n) is 6.89. The highest BCUT2D eigenvalue weighted by atomic mass is 19.2. The van der Waals surface area contributed by atoms with Gasteiger partial charge in [-0.2, -0.15) is 8.78 Å². The van der Waals surface area contributed by atoms with Crippen LogP contribution < -0.4 is 14.8 Å². The highest BCUT2D eigenvalue weighted by Crippen LogP contribution is 2.28. The summed E-state index contributed by atoms with van der Waals surface area (Å²) in [5, 5.41) is 2.37. The predicted octanol–water partition coefficient (Wildman–Crippen LogP) is 3.09. The third-order valence-electron chi connectivity index (χ3n) is 3.17. The molecule has 1 amide bonds. The van der Waals surface area contributed by atoms with Crippen LogP contribution in [0.4, 0.5) is 22.0 Å². The summed E-state index contributed by atoms with van der Waals surface area (Å²) in [7, 11) is 1.49. The van der Waals surface area contributed by atoms with Gasteiger partial charge in [0, 0.05) is 6.54 Å². The SMILES string of the molecule is COc1ccc(CNC(=O)COc2c(F)c(F)c(F)c(F)c2F)cc1. The van der Waals surface area contributed by atoms with Crippen molar-refractivity contribution in [2.45, 2.75) is 6.54 Å². The second kappa shape index (κ2) is 7.82. The second-order valence-corrected chi connectivity index (χ2v) is 4.81. The van der Waals surface area contributed by atoms with Gasteiger partial charge in [0.05, 0.1) is 7.11 Å². The molecule has 25 heavy (non-hydrogen) atoms. The van der Waals surface area contributed by atoms with Crippen molar-refractivity contribution in [3.63, 3.8) is 0 Å². The van der Waals surface area contributed by atoms with Crippen molar-refractivity contribution in [2.24, 2.45) is 0 Å². The van der Waals surface area contributed by atoms with Gasteiger partial charge in [0.25, 0.3) is 5.91 Å². The van der Waals surface area contributed by atoms with E-state index in [4.69, 9.17) is 4.74 Å². The van der Waals surface area contributed by atoms with Gasteiger partial charge >= 0.3 is 0 Å². The van der Waals surface area contributed by atoms with E-state index in [1.807, 2.05) is 0 Å². The minimum Gasteiger partial charge on any atom is -0.497 e. The van der Waals surface area contributed by atoms with Crippen molar-refractivity contribution < 1.29 is 36.2 Å². The molecule has 0 aliphatic carbocycles. The maximum atomic E-state index is 13.4. The largest absolute Gasteiger partial charge is 0.497 e. The molecule has 0 saturated heterocycles. The first-order valence-corrected chi connectivity index (χ1v) is 6.89. The van der Waals surface area contributed by atoms with Crippen LogP contribution in [0.1, 0.15) is 5.56 Å². The summed E-state index contributed by atoms with van der Waals surface area (Å²) < 4.78 is 75.1. The van der Waals surface area contributed by atoms with Gasteiger partial charge in [0.1, 0.15) is 5.75 Å². The van der Waals surface area contributed by atoms with Crippen LogP contribution >= 0.6 is 0 Å². The van der Waals surface area contributed by atoms with Gasteiger partial charge in [-0.15, -0.1) is 0 Å². The Kier molecular flexibility index (Phi) is 5.79. The lowest BCUT2D eigenvalue weighted by molar-refractivity contribution is -0.123. The highest BCUT2D eigenvalue weighted by Gasteiger charge is 2.27. The maximum Gasteiger partial charge on any atom is 0.258 e. The van der Waals surface area contributed by atoms with Gasteiger partial charge in [-0.05, 0) is 17.7 Å². The lowest BCUT2D eigenvalue weighted by Gasteiger charge is -2.10. The molecule has 2 rings (SSSR count). The van der Waals surface area contributed by atoms with Gasteiger partial charge < -0.3 is 14.8 Å². The molecule has 0 radical (unpaired) electrons. The number of ether oxygens (including phenoxy) is 2. The van der Waals surface area contributed by atoms with E-state index in [1.165, 1.54) is 7.11 Å². The van der Waals surface area contributed by atoms with E-state index in [2.05, 4.69) is 10.1 Å². The monoisotopic (exact) mass is 361 g/mol. The maximum absolute atomic E-state index is 13.4. The van der Waals surface area contributed by atoms with Gasteiger partial charge in [0.15, 0.2) is 12.4 Å². The molecule has 0 saturated carbocycles. The Morgan fingerprint density at radius 1 is 0.920 bits per heavy atom. The molecule has 0 unspecified atom stereocenters. The average Bonchev–Trinajstić information content (AvgIpc) is 2.63. The summed E-state index contributed by atoms with van der Waals surface area (Å²) in [6, 6.07) is 6.66. The number of halogens is 5. The van der Waals surface area contributed by atoms with E-state index in [-0.39, 0.29) is 6.54 Å². The fraction of sp³-hybridized carbons (Fsp3) is 0.188. The van der Waals surface area contributed by atoms with Gasteiger partial charge in [-0.25, -0.2) is 13.2 Å². The van der Waals surface area contributed by atoms with Crippen LogP contribution in [-0.2, 0) is 11.3 Å². The Hall–Kier alpha value is -2.84. The van der Waals surface area contributed by atoms with Gasteiger partial charge in [0.2, 0.25) is 29.1 Å². The molecule has 0 bridgehead atoms. The average molecular weight is 361 g/mol. The number of hydrogen-bond acceptors (Lipinski definition) is 3. The smallest absolute Gasteiger partial charge is 0.258 e. The molecule has 4 nitrogen and oxygen atoms in total. The van der Waals surface area contributed by atoms with E-state index >= 15 is 0 Å². The first kappa shape index (κ1) is 18.5. The Balaban J connectivity index is 1.96. The van der Waals surface area contributed by atoms with Crippen LogP contribution in [0.5, 0.6) is 11.5 Å². The second-order valence-electron chi connectivity index (χ2n) is 4.81. The summed E-state index contributed by atoms with van der Waals surface area (Å²) >= 11 is 0. The van der Waals surface area contributed by atoms with E-state index in [0.717, 1.165) is 0 Å². The molecule has 0 aliphatic heterocycles. The lowest BCUT2D eigenvalue weighted by atomic mass is 10.2. The van der Waals surface area contributed by atoms with E-state index in [0.29, 0.717) is 11.3 Å². The predicted molar refractivity (Wildman–Crippen MR) is 76.6 cm³/mol. The summed E-state index contributed by atoms with van der Waals surface area (Å²) in [4.78, 5) is 11.6. The molecule has 0 spiro atoms. The third-order valence-corrected chi connectivity index (χ3v) is 3.17. The van der Waals surface area contributed by atoms with Crippen LogP contribution in [0.2, 0.25) is 0 Å². The van der Waals surface area contributed by atoms with Crippen molar-refractivity contribution in [3.8, 4) is 11.5 Å². The molecule has 0 aliphatic rings. The number of rotatable bonds is 6. The lowest BCUT2D eigenvalue weighted by Crippen LogP contribution is -2.29. The molecule has 134 valence electrons. The number of hydrogen-bond donors (Lipinski definition) is 1. The van der Waals surface area contributed by atoms with Crippen molar-refractivity contribution in [1.29, 1.82) is 0 Å². The number of carbonyl (C=O) groups excluding carboxylic acids is 1. The molecule has 0 atom stereocenters. The number of carbonyl (C=O) groups is 1. The van der Waals surface area contributed by atoms with Crippen molar-refractivity contribution in [1.82, 2.24) is 5.32 Å². The first-order chi connectivity index (χ1) is 11.8. The highest BCUT2D eigenvalue weighted by molar-refractivity contribution is 5.77. The number of nitrogens with one attached hydrogen (secondary N) is 1. The standard InChI is InChI=1S/C16H12F5NO3/c1-24-9-4-2-8(3-5-9)6-22-10(23)7-25-16-14(20)12(18)11(17)13(19)15(16)21/h2-5H,6-7H2,1H3,(H,22,23). The molecule has 2 aromatic carbocycles. The molecular formula is C16H12F5NO3. The molecule has 1 N–H and O–H groups in total. The van der Waals surface area contributed by atoms with Crippen LogP contribution in [0.3, 0.4) is 0 Å². The summed E-state index contributed by atoms with van der Waals surface area (Å²) in [5.41, 5.74) is 0.699. The zero-order valence-corrected chi connectivity index (χ0v) is 12.8. The van der Waals surface area contributed by atoms with Crippen molar-refractivity contribution in [3.05, 3.63) is 58.9 Å². The Bertz CT molecular complexity index is 751. The van der Waals surface area contributed by atoms with Crippen LogP contribution in [0, 0.1) is 29.1 Å². The summed E-state index contributed by atoms with van der Waals surface area (Å²) in [6.07, 6.45) is 0. The fourth-order valence-electron chi connectivity index (χ4n) is 1.84. The Labute approximate surface area is 139 Å². The summed E-state index contributed by atoms with van der Waals surface area (Å²) in [5.74, 6) is -12.6. The van der Waals surface area contributed by atoms with Crippen LogP contribution in [-0.4, -0.2) is 19.6 Å². The zero-order chi connectivity index (χ0) is 18.6. The van der Waals surface area contributed by atoms with E-state index < -0.39 is 47.3 Å². The van der Waals surface area contributed by atoms with Gasteiger partial charge in [-0.3, -0.25) is 4.79 Å². The topological polar surface area (TPSA) is 47.6 Å². The molecule has 0 heterocycles. The fourth-order valence-corrected chi connectivity index (χ4v) is 1.84. The molecular weight excluding hydrogens is 349 g/mol. The van der Waals surface area contributed by atoms with Crippen LogP contribution in [0.25, 0.3) is 0 Å². The number of methoxy groups -OCH3 is 1. The summed E-state index contributed by atoms with van der Waals surface area (Å²) in [6.45, 7) is -0.849. The zero-order valence-electron chi connectivity index (χ0n) is 12.8. The van der Waals surface area contributed by atoms with Crippen molar-refractivity contribution >= 4 is 5.91 Å². The minimum absolute atomic E-state index is 0.0727. The normalized spacial score (nSPS) is 10.5. The van der Waals surface area contributed by atoms with Crippen LogP contribution in [0.15, 0.2) is 24.3 Å². The minimum atomic E-state index is -2.30.